The van der Waals surface area contributed by atoms with Gasteiger partial charge in [0, 0.05) is 32.7 Å². The highest BCUT2D eigenvalue weighted by Crippen LogP contribution is 2.20. The van der Waals surface area contributed by atoms with Crippen molar-refractivity contribution in [3.8, 4) is 0 Å². The normalized spacial score (nSPS) is 14.3. The first-order chi connectivity index (χ1) is 13.0. The topological polar surface area (TPSA) is 52.7 Å². The Labute approximate surface area is 165 Å². The van der Waals surface area contributed by atoms with E-state index < -0.39 is 0 Å². The summed E-state index contributed by atoms with van der Waals surface area (Å²) in [6, 6.07) is 8.16. The molecule has 1 N–H and O–H groups in total. The molecule has 1 aliphatic rings. The standard InChI is InChI=1S/C21H27N3O2S/c1-15-4-5-18(12-17(15)3)13-24(21(26)20-16(2)6-11-27-20)14-19(25)23-9-7-22-8-10-23/h4-6,11-12,22H,7-10,13-14H2,1-3H3. The first-order valence-corrected chi connectivity index (χ1v) is 10.2. The average molecular weight is 386 g/mol. The van der Waals surface area contributed by atoms with E-state index in [1.807, 2.05) is 29.3 Å². The van der Waals surface area contributed by atoms with Gasteiger partial charge in [-0.05, 0) is 54.5 Å². The number of aryl methyl sites for hydroxylation is 3. The quantitative estimate of drug-likeness (QED) is 0.861. The Morgan fingerprint density at radius 1 is 1.07 bits per heavy atom. The molecule has 144 valence electrons. The Morgan fingerprint density at radius 3 is 2.44 bits per heavy atom. The minimum atomic E-state index is -0.0655. The predicted molar refractivity (Wildman–Crippen MR) is 109 cm³/mol. The van der Waals surface area contributed by atoms with Gasteiger partial charge < -0.3 is 15.1 Å². The van der Waals surface area contributed by atoms with Crippen LogP contribution in [0.25, 0.3) is 0 Å². The Hall–Kier alpha value is -2.18. The summed E-state index contributed by atoms with van der Waals surface area (Å²) >= 11 is 1.44. The highest BCUT2D eigenvalue weighted by atomic mass is 32.1. The van der Waals surface area contributed by atoms with Crippen LogP contribution in [-0.2, 0) is 11.3 Å². The molecule has 2 heterocycles. The predicted octanol–water partition coefficient (Wildman–Crippen LogP) is 2.75. The van der Waals surface area contributed by atoms with Gasteiger partial charge in [0.1, 0.15) is 6.54 Å². The zero-order valence-corrected chi connectivity index (χ0v) is 17.1. The molecule has 1 fully saturated rings. The van der Waals surface area contributed by atoms with Gasteiger partial charge in [0.2, 0.25) is 5.91 Å². The lowest BCUT2D eigenvalue weighted by Crippen LogP contribution is -2.50. The van der Waals surface area contributed by atoms with Crippen molar-refractivity contribution in [1.82, 2.24) is 15.1 Å². The SMILES string of the molecule is Cc1ccc(CN(CC(=O)N2CCNCC2)C(=O)c2sccc2C)cc1C. The van der Waals surface area contributed by atoms with Gasteiger partial charge >= 0.3 is 0 Å². The molecule has 1 aliphatic heterocycles. The number of carbonyl (C=O) groups is 2. The van der Waals surface area contributed by atoms with Gasteiger partial charge in [-0.25, -0.2) is 0 Å². The molecule has 1 saturated heterocycles. The lowest BCUT2D eigenvalue weighted by Gasteiger charge is -2.30. The molecule has 3 rings (SSSR count). The third-order valence-corrected chi connectivity index (χ3v) is 6.09. The molecule has 0 saturated carbocycles. The molecule has 0 spiro atoms. The van der Waals surface area contributed by atoms with Crippen molar-refractivity contribution in [3.05, 3.63) is 56.8 Å². The van der Waals surface area contributed by atoms with Gasteiger partial charge in [-0.3, -0.25) is 9.59 Å². The monoisotopic (exact) mass is 385 g/mol. The second-order valence-electron chi connectivity index (χ2n) is 7.14. The summed E-state index contributed by atoms with van der Waals surface area (Å²) in [6.07, 6.45) is 0. The Bertz CT molecular complexity index is 825. The zero-order valence-electron chi connectivity index (χ0n) is 16.2. The van der Waals surface area contributed by atoms with Crippen LogP contribution in [0.4, 0.5) is 0 Å². The van der Waals surface area contributed by atoms with Crippen LogP contribution in [0.5, 0.6) is 0 Å². The van der Waals surface area contributed by atoms with E-state index in [1.165, 1.54) is 22.5 Å². The highest BCUT2D eigenvalue weighted by Gasteiger charge is 2.25. The van der Waals surface area contributed by atoms with E-state index in [0.29, 0.717) is 24.5 Å². The molecule has 6 heteroatoms. The molecule has 0 aliphatic carbocycles. The molecule has 1 aromatic heterocycles. The lowest BCUT2D eigenvalue weighted by molar-refractivity contribution is -0.132. The number of carbonyl (C=O) groups excluding carboxylic acids is 2. The van der Waals surface area contributed by atoms with Crippen molar-refractivity contribution < 1.29 is 9.59 Å². The van der Waals surface area contributed by atoms with Crippen molar-refractivity contribution in [1.29, 1.82) is 0 Å². The molecule has 0 bridgehead atoms. The van der Waals surface area contributed by atoms with E-state index >= 15 is 0 Å². The molecule has 5 nitrogen and oxygen atoms in total. The number of rotatable bonds is 5. The number of hydrogen-bond acceptors (Lipinski definition) is 4. The number of piperazine rings is 1. The smallest absolute Gasteiger partial charge is 0.264 e. The van der Waals surface area contributed by atoms with Gasteiger partial charge in [-0.1, -0.05) is 18.2 Å². The molecular weight excluding hydrogens is 358 g/mol. The molecule has 2 amide bonds. The summed E-state index contributed by atoms with van der Waals surface area (Å²) < 4.78 is 0. The molecule has 0 radical (unpaired) electrons. The van der Waals surface area contributed by atoms with Crippen LogP contribution < -0.4 is 5.32 Å². The Kier molecular flexibility index (Phi) is 6.29. The van der Waals surface area contributed by atoms with Gasteiger partial charge in [-0.2, -0.15) is 0 Å². The van der Waals surface area contributed by atoms with Crippen LogP contribution in [0, 0.1) is 20.8 Å². The van der Waals surface area contributed by atoms with Crippen LogP contribution in [0.1, 0.15) is 31.9 Å². The maximum absolute atomic E-state index is 13.2. The maximum atomic E-state index is 13.2. The number of thiophene rings is 1. The molecule has 0 atom stereocenters. The third-order valence-electron chi connectivity index (χ3n) is 5.08. The third kappa shape index (κ3) is 4.76. The molecular formula is C21H27N3O2S. The van der Waals surface area contributed by atoms with Gasteiger partial charge in [-0.15, -0.1) is 11.3 Å². The summed E-state index contributed by atoms with van der Waals surface area (Å²) in [4.78, 5) is 30.2. The number of benzene rings is 1. The van der Waals surface area contributed by atoms with Crippen LogP contribution in [-0.4, -0.2) is 54.3 Å². The number of nitrogens with one attached hydrogen (secondary N) is 1. The van der Waals surface area contributed by atoms with Crippen LogP contribution in [0.3, 0.4) is 0 Å². The lowest BCUT2D eigenvalue weighted by atomic mass is 10.1. The molecule has 1 aromatic carbocycles. The van der Waals surface area contributed by atoms with E-state index in [4.69, 9.17) is 0 Å². The van der Waals surface area contributed by atoms with E-state index in [-0.39, 0.29) is 18.4 Å². The van der Waals surface area contributed by atoms with Crippen molar-refractivity contribution >= 4 is 23.2 Å². The summed E-state index contributed by atoms with van der Waals surface area (Å²) in [7, 11) is 0. The van der Waals surface area contributed by atoms with Crippen molar-refractivity contribution in [2.24, 2.45) is 0 Å². The largest absolute Gasteiger partial charge is 0.339 e. The van der Waals surface area contributed by atoms with Crippen LogP contribution in [0.15, 0.2) is 29.6 Å². The zero-order chi connectivity index (χ0) is 19.4. The highest BCUT2D eigenvalue weighted by molar-refractivity contribution is 7.12. The Morgan fingerprint density at radius 2 is 1.81 bits per heavy atom. The van der Waals surface area contributed by atoms with Crippen molar-refractivity contribution in [3.63, 3.8) is 0 Å². The fraction of sp³-hybridized carbons (Fsp3) is 0.429. The Balaban J connectivity index is 1.81. The fourth-order valence-corrected chi connectivity index (χ4v) is 4.13. The van der Waals surface area contributed by atoms with Gasteiger partial charge in [0.05, 0.1) is 4.88 Å². The minimum absolute atomic E-state index is 0.0166. The molecule has 27 heavy (non-hydrogen) atoms. The number of amides is 2. The number of nitrogens with zero attached hydrogens (tertiary/aromatic N) is 2. The van der Waals surface area contributed by atoms with E-state index in [0.717, 1.165) is 24.2 Å². The molecule has 2 aromatic rings. The summed E-state index contributed by atoms with van der Waals surface area (Å²) in [5, 5.41) is 5.18. The van der Waals surface area contributed by atoms with E-state index in [2.05, 4.69) is 31.3 Å². The van der Waals surface area contributed by atoms with E-state index in [1.54, 1.807) is 4.90 Å². The maximum Gasteiger partial charge on any atom is 0.264 e. The summed E-state index contributed by atoms with van der Waals surface area (Å²) in [5.74, 6) is -0.0490. The van der Waals surface area contributed by atoms with Crippen molar-refractivity contribution in [2.75, 3.05) is 32.7 Å². The average Bonchev–Trinajstić information content (AvgIpc) is 3.10. The van der Waals surface area contributed by atoms with Gasteiger partial charge in [0.15, 0.2) is 0 Å². The summed E-state index contributed by atoms with van der Waals surface area (Å²) in [6.45, 7) is 9.65. The first kappa shape index (κ1) is 19.6. The van der Waals surface area contributed by atoms with Gasteiger partial charge in [0.25, 0.3) is 5.91 Å². The second kappa shape index (κ2) is 8.67. The second-order valence-corrected chi connectivity index (χ2v) is 8.06. The van der Waals surface area contributed by atoms with E-state index in [9.17, 15) is 9.59 Å². The minimum Gasteiger partial charge on any atom is -0.339 e. The van der Waals surface area contributed by atoms with Crippen LogP contribution >= 0.6 is 11.3 Å². The summed E-state index contributed by atoms with van der Waals surface area (Å²) in [5.41, 5.74) is 4.43. The molecule has 0 unspecified atom stereocenters. The van der Waals surface area contributed by atoms with Crippen LogP contribution in [0.2, 0.25) is 0 Å². The fourth-order valence-electron chi connectivity index (χ4n) is 3.23. The first-order valence-electron chi connectivity index (χ1n) is 9.33. The number of hydrogen-bond donors (Lipinski definition) is 1. The van der Waals surface area contributed by atoms with Crippen molar-refractivity contribution in [2.45, 2.75) is 27.3 Å².